The van der Waals surface area contributed by atoms with Gasteiger partial charge in [-0.3, -0.25) is 0 Å². The van der Waals surface area contributed by atoms with E-state index in [9.17, 15) is 0 Å². The first-order valence-electron chi connectivity index (χ1n) is 4.85. The zero-order valence-electron chi connectivity index (χ0n) is 8.59. The molecule has 1 aromatic heterocycles. The third-order valence-electron chi connectivity index (χ3n) is 2.63. The Hall–Kier alpha value is -0.720. The van der Waals surface area contributed by atoms with Crippen LogP contribution in [0.25, 0.3) is 0 Å². The summed E-state index contributed by atoms with van der Waals surface area (Å²) in [5.74, 6) is 0. The lowest BCUT2D eigenvalue weighted by Crippen LogP contribution is -2.09. The fourth-order valence-corrected chi connectivity index (χ4v) is 1.91. The monoisotopic (exact) mass is 165 g/mol. The Kier molecular flexibility index (Phi) is 2.96. The van der Waals surface area contributed by atoms with Gasteiger partial charge < -0.3 is 4.57 Å². The minimum absolute atomic E-state index is 0.694. The molecule has 0 fully saturated rings. The van der Waals surface area contributed by atoms with E-state index in [4.69, 9.17) is 0 Å². The van der Waals surface area contributed by atoms with Crippen molar-refractivity contribution in [3.8, 4) is 0 Å². The Morgan fingerprint density at radius 2 is 1.50 bits per heavy atom. The maximum Gasteiger partial charge on any atom is 0.0330 e. The number of hydrogen-bond acceptors (Lipinski definition) is 0. The van der Waals surface area contributed by atoms with Gasteiger partial charge >= 0.3 is 0 Å². The second-order valence-electron chi connectivity index (χ2n) is 3.46. The van der Waals surface area contributed by atoms with Crippen LogP contribution in [0.15, 0.2) is 12.1 Å². The lowest BCUT2D eigenvalue weighted by atomic mass is 10.1. The summed E-state index contributed by atoms with van der Waals surface area (Å²) in [7, 11) is 0. The summed E-state index contributed by atoms with van der Waals surface area (Å²) in [6.07, 6.45) is 2.46. The lowest BCUT2D eigenvalue weighted by molar-refractivity contribution is 0.457. The molecule has 1 aromatic rings. The lowest BCUT2D eigenvalue weighted by Gasteiger charge is -2.19. The predicted molar refractivity (Wildman–Crippen MR) is 53.5 cm³/mol. The molecule has 0 radical (unpaired) electrons. The molecule has 0 aliphatic carbocycles. The summed E-state index contributed by atoms with van der Waals surface area (Å²) in [4.78, 5) is 0. The van der Waals surface area contributed by atoms with Crippen molar-refractivity contribution in [2.75, 3.05) is 0 Å². The van der Waals surface area contributed by atoms with E-state index < -0.39 is 0 Å². The molecule has 0 saturated carbocycles. The first-order chi connectivity index (χ1) is 5.70. The van der Waals surface area contributed by atoms with Crippen LogP contribution in [-0.4, -0.2) is 4.57 Å². The summed E-state index contributed by atoms with van der Waals surface area (Å²) >= 11 is 0. The zero-order valence-corrected chi connectivity index (χ0v) is 8.59. The third kappa shape index (κ3) is 1.55. The highest BCUT2D eigenvalue weighted by Gasteiger charge is 2.09. The standard InChI is InChI=1S/C11H19N/c1-5-11(6-2)12-9(3)7-8-10(12)4/h7-8,11H,5-6H2,1-4H3. The van der Waals surface area contributed by atoms with Gasteiger partial charge in [0.2, 0.25) is 0 Å². The molecule has 0 spiro atoms. The van der Waals surface area contributed by atoms with Gasteiger partial charge in [-0.1, -0.05) is 13.8 Å². The van der Waals surface area contributed by atoms with Crippen molar-refractivity contribution in [2.24, 2.45) is 0 Å². The first-order valence-corrected chi connectivity index (χ1v) is 4.85. The highest BCUT2D eigenvalue weighted by Crippen LogP contribution is 2.21. The van der Waals surface area contributed by atoms with Crippen LogP contribution in [0.1, 0.15) is 44.1 Å². The van der Waals surface area contributed by atoms with Crippen LogP contribution in [0.4, 0.5) is 0 Å². The summed E-state index contributed by atoms with van der Waals surface area (Å²) in [6, 6.07) is 5.10. The molecule has 1 nitrogen and oxygen atoms in total. The number of hydrogen-bond donors (Lipinski definition) is 0. The second-order valence-corrected chi connectivity index (χ2v) is 3.46. The average Bonchev–Trinajstić information content (AvgIpc) is 2.38. The molecular weight excluding hydrogens is 146 g/mol. The van der Waals surface area contributed by atoms with E-state index in [-0.39, 0.29) is 0 Å². The Labute approximate surface area is 75.4 Å². The van der Waals surface area contributed by atoms with Gasteiger partial charge in [0, 0.05) is 17.4 Å². The van der Waals surface area contributed by atoms with Gasteiger partial charge in [-0.15, -0.1) is 0 Å². The van der Waals surface area contributed by atoms with Crippen molar-refractivity contribution in [1.82, 2.24) is 4.57 Å². The smallest absolute Gasteiger partial charge is 0.0330 e. The van der Waals surface area contributed by atoms with Crippen LogP contribution in [0.3, 0.4) is 0 Å². The molecule has 0 saturated heterocycles. The highest BCUT2D eigenvalue weighted by molar-refractivity contribution is 5.14. The number of rotatable bonds is 3. The van der Waals surface area contributed by atoms with Gasteiger partial charge in [0.05, 0.1) is 0 Å². The first kappa shape index (κ1) is 9.37. The minimum Gasteiger partial charge on any atom is -0.346 e. The molecule has 1 heteroatoms. The predicted octanol–water partition coefficient (Wildman–Crippen LogP) is 3.47. The largest absolute Gasteiger partial charge is 0.346 e. The Balaban J connectivity index is 2.98. The van der Waals surface area contributed by atoms with E-state index >= 15 is 0 Å². The van der Waals surface area contributed by atoms with Crippen molar-refractivity contribution in [3.63, 3.8) is 0 Å². The fraction of sp³-hybridized carbons (Fsp3) is 0.636. The molecule has 1 rings (SSSR count). The molecule has 0 amide bonds. The van der Waals surface area contributed by atoms with Crippen LogP contribution in [0, 0.1) is 13.8 Å². The average molecular weight is 165 g/mol. The topological polar surface area (TPSA) is 4.93 Å². The molecule has 0 unspecified atom stereocenters. The maximum absolute atomic E-state index is 2.44. The van der Waals surface area contributed by atoms with Crippen LogP contribution in [0.5, 0.6) is 0 Å². The zero-order chi connectivity index (χ0) is 9.14. The summed E-state index contributed by atoms with van der Waals surface area (Å²) in [5, 5.41) is 0. The Morgan fingerprint density at radius 3 is 1.83 bits per heavy atom. The minimum atomic E-state index is 0.694. The van der Waals surface area contributed by atoms with Gasteiger partial charge in [-0.25, -0.2) is 0 Å². The molecule has 68 valence electrons. The third-order valence-corrected chi connectivity index (χ3v) is 2.63. The van der Waals surface area contributed by atoms with Gasteiger partial charge in [-0.05, 0) is 38.8 Å². The van der Waals surface area contributed by atoms with E-state index in [0.717, 1.165) is 0 Å². The fourth-order valence-electron chi connectivity index (χ4n) is 1.91. The van der Waals surface area contributed by atoms with Crippen molar-refractivity contribution in [1.29, 1.82) is 0 Å². The van der Waals surface area contributed by atoms with Crippen LogP contribution >= 0.6 is 0 Å². The molecule has 0 N–H and O–H groups in total. The van der Waals surface area contributed by atoms with E-state index in [2.05, 4.69) is 44.4 Å². The molecule has 0 aliphatic heterocycles. The molecule has 0 aromatic carbocycles. The normalized spacial score (nSPS) is 11.1. The molecule has 0 atom stereocenters. The highest BCUT2D eigenvalue weighted by atomic mass is 15.0. The molecule has 12 heavy (non-hydrogen) atoms. The van der Waals surface area contributed by atoms with Gasteiger partial charge in [-0.2, -0.15) is 0 Å². The molecule has 0 aliphatic rings. The Bertz CT molecular complexity index is 224. The van der Waals surface area contributed by atoms with Crippen LogP contribution < -0.4 is 0 Å². The van der Waals surface area contributed by atoms with Crippen molar-refractivity contribution < 1.29 is 0 Å². The van der Waals surface area contributed by atoms with Crippen molar-refractivity contribution in [2.45, 2.75) is 46.6 Å². The van der Waals surface area contributed by atoms with Crippen molar-refractivity contribution in [3.05, 3.63) is 23.5 Å². The molecular formula is C11H19N. The Morgan fingerprint density at radius 1 is 1.08 bits per heavy atom. The van der Waals surface area contributed by atoms with E-state index in [0.29, 0.717) is 6.04 Å². The van der Waals surface area contributed by atoms with Gasteiger partial charge in [0.1, 0.15) is 0 Å². The quantitative estimate of drug-likeness (QED) is 0.646. The van der Waals surface area contributed by atoms with Crippen LogP contribution in [0.2, 0.25) is 0 Å². The summed E-state index contributed by atoms with van der Waals surface area (Å²) in [5.41, 5.74) is 2.78. The van der Waals surface area contributed by atoms with E-state index in [1.165, 1.54) is 24.2 Å². The van der Waals surface area contributed by atoms with E-state index in [1.54, 1.807) is 0 Å². The SMILES string of the molecule is CCC(CC)n1c(C)ccc1C. The summed E-state index contributed by atoms with van der Waals surface area (Å²) in [6.45, 7) is 8.89. The van der Waals surface area contributed by atoms with Crippen molar-refractivity contribution >= 4 is 0 Å². The molecule has 0 bridgehead atoms. The van der Waals surface area contributed by atoms with Gasteiger partial charge in [0.15, 0.2) is 0 Å². The summed E-state index contributed by atoms with van der Waals surface area (Å²) < 4.78 is 2.44. The number of nitrogens with zero attached hydrogens (tertiary/aromatic N) is 1. The van der Waals surface area contributed by atoms with E-state index in [1.807, 2.05) is 0 Å². The van der Waals surface area contributed by atoms with Crippen LogP contribution in [-0.2, 0) is 0 Å². The number of aryl methyl sites for hydroxylation is 2. The maximum atomic E-state index is 2.44. The number of aromatic nitrogens is 1. The second kappa shape index (κ2) is 3.79. The van der Waals surface area contributed by atoms with Gasteiger partial charge in [0.25, 0.3) is 0 Å². The molecule has 1 heterocycles.